The van der Waals surface area contributed by atoms with E-state index in [-0.39, 0.29) is 17.2 Å². The van der Waals surface area contributed by atoms with E-state index in [1.165, 1.54) is 6.07 Å². The molecule has 0 atom stereocenters. The van der Waals surface area contributed by atoms with E-state index in [2.05, 4.69) is 5.32 Å². The largest absolute Gasteiger partial charge is 0.508 e. The lowest BCUT2D eigenvalue weighted by Crippen LogP contribution is -2.29. The molecule has 0 unspecified atom stereocenters. The van der Waals surface area contributed by atoms with Crippen molar-refractivity contribution >= 4 is 37.7 Å². The number of anilines is 1. The van der Waals surface area contributed by atoms with Crippen molar-refractivity contribution in [3.8, 4) is 22.8 Å². The number of aromatic nitrogens is 1. The second kappa shape index (κ2) is 9.99. The number of amides is 1. The van der Waals surface area contributed by atoms with Gasteiger partial charge >= 0.3 is 15.2 Å². The predicted octanol–water partition coefficient (Wildman–Crippen LogP) is 3.16. The van der Waals surface area contributed by atoms with Crippen LogP contribution in [0.1, 0.15) is 31.7 Å². The molecule has 0 fully saturated rings. The van der Waals surface area contributed by atoms with E-state index < -0.39 is 45.4 Å². The second-order valence-corrected chi connectivity index (χ2v) is 12.4. The number of carbonyl (C=O) groups is 1. The van der Waals surface area contributed by atoms with Gasteiger partial charge in [0.15, 0.2) is 0 Å². The summed E-state index contributed by atoms with van der Waals surface area (Å²) in [6.07, 6.45) is -1.90. The minimum absolute atomic E-state index is 0.0707. The van der Waals surface area contributed by atoms with Crippen LogP contribution in [0.15, 0.2) is 36.4 Å². The number of hydrogen-bond donors (Lipinski definition) is 8. The van der Waals surface area contributed by atoms with Gasteiger partial charge in [0, 0.05) is 30.8 Å². The Bertz CT molecular complexity index is 1370. The van der Waals surface area contributed by atoms with Crippen LogP contribution in [0.25, 0.3) is 22.2 Å². The van der Waals surface area contributed by atoms with E-state index >= 15 is 0 Å². The predicted molar refractivity (Wildman–Crippen MR) is 133 cm³/mol. The summed E-state index contributed by atoms with van der Waals surface area (Å²) in [5, 5.41) is 29.7. The Kier molecular flexibility index (Phi) is 7.74. The van der Waals surface area contributed by atoms with Gasteiger partial charge in [-0.1, -0.05) is 0 Å². The number of nitrogens with zero attached hydrogens (tertiary/aromatic N) is 1. The fourth-order valence-corrected chi connectivity index (χ4v) is 6.39. The Balaban J connectivity index is 1.85. The van der Waals surface area contributed by atoms with Crippen molar-refractivity contribution in [2.45, 2.75) is 44.7 Å². The molecule has 0 aliphatic heterocycles. The summed E-state index contributed by atoms with van der Waals surface area (Å²) >= 11 is 0. The van der Waals surface area contributed by atoms with Gasteiger partial charge < -0.3 is 44.8 Å². The van der Waals surface area contributed by atoms with Crippen LogP contribution in [0.5, 0.6) is 11.5 Å². The quantitative estimate of drug-likeness (QED) is 0.146. The maximum Gasteiger partial charge on any atom is 0.369 e. The van der Waals surface area contributed by atoms with Gasteiger partial charge in [0.05, 0.1) is 16.9 Å². The molecule has 3 aromatic rings. The molecule has 2 aromatic carbocycles. The third-order valence-electron chi connectivity index (χ3n) is 6.01. The summed E-state index contributed by atoms with van der Waals surface area (Å²) in [5.41, 5.74) is 3.35. The first-order chi connectivity index (χ1) is 16.6. The van der Waals surface area contributed by atoms with Gasteiger partial charge in [-0.25, -0.2) is 0 Å². The number of phenolic OH excluding ortho intramolecular Hbond substituents is 2. The van der Waals surface area contributed by atoms with Crippen LogP contribution in [0.4, 0.5) is 5.69 Å². The number of nitrogens with one attached hydrogen (secondary N) is 1. The highest BCUT2D eigenvalue weighted by Gasteiger charge is 2.58. The summed E-state index contributed by atoms with van der Waals surface area (Å²) in [4.78, 5) is 49.2. The monoisotopic (exact) mass is 542 g/mol. The zero-order chi connectivity index (χ0) is 27.1. The molecule has 0 aliphatic carbocycles. The Morgan fingerprint density at radius 2 is 1.61 bits per heavy atom. The molecular weight excluding hydrogens is 514 g/mol. The molecule has 0 saturated carbocycles. The smallest absolute Gasteiger partial charge is 0.369 e. The van der Waals surface area contributed by atoms with Crippen LogP contribution in [0.2, 0.25) is 0 Å². The highest BCUT2D eigenvalue weighted by atomic mass is 31.2. The van der Waals surface area contributed by atoms with Gasteiger partial charge in [-0.15, -0.1) is 0 Å². The summed E-state index contributed by atoms with van der Waals surface area (Å²) in [5.74, 6) is -0.810. The Morgan fingerprint density at radius 1 is 1.03 bits per heavy atom. The van der Waals surface area contributed by atoms with E-state index in [4.69, 9.17) is 0 Å². The summed E-state index contributed by atoms with van der Waals surface area (Å²) in [7, 11) is -11.2. The zero-order valence-corrected chi connectivity index (χ0v) is 21.3. The molecule has 1 heterocycles. The summed E-state index contributed by atoms with van der Waals surface area (Å²) < 4.78 is 24.9. The molecule has 0 bridgehead atoms. The lowest BCUT2D eigenvalue weighted by molar-refractivity contribution is -0.116. The molecule has 1 amide bonds. The van der Waals surface area contributed by atoms with Gasteiger partial charge in [0.1, 0.15) is 11.5 Å². The zero-order valence-electron chi connectivity index (χ0n) is 19.5. The van der Waals surface area contributed by atoms with E-state index in [0.29, 0.717) is 12.1 Å². The lowest BCUT2D eigenvalue weighted by atomic mass is 10.1. The number of rotatable bonds is 9. The molecule has 0 radical (unpaired) electrons. The van der Waals surface area contributed by atoms with Gasteiger partial charge in [-0.05, 0) is 61.7 Å². The molecular formula is C22H28N2O10P2. The number of carbonyl (C=O) groups excluding carboxylic acids is 1. The molecule has 0 spiro atoms. The van der Waals surface area contributed by atoms with Gasteiger partial charge in [-0.2, -0.15) is 0 Å². The van der Waals surface area contributed by atoms with E-state index in [1.807, 2.05) is 18.4 Å². The molecule has 196 valence electrons. The molecule has 8 N–H and O–H groups in total. The average molecular weight is 542 g/mol. The Labute approximate surface area is 206 Å². The number of benzene rings is 2. The third-order valence-corrected chi connectivity index (χ3v) is 9.89. The van der Waals surface area contributed by atoms with Gasteiger partial charge in [0.2, 0.25) is 5.91 Å². The van der Waals surface area contributed by atoms with Crippen LogP contribution in [0, 0.1) is 6.92 Å². The van der Waals surface area contributed by atoms with Crippen molar-refractivity contribution in [3.05, 3.63) is 42.0 Å². The first kappa shape index (κ1) is 27.9. The molecule has 12 nitrogen and oxygen atoms in total. The maximum absolute atomic E-state index is 12.4. The van der Waals surface area contributed by atoms with Crippen LogP contribution in [-0.4, -0.2) is 50.5 Å². The number of fused-ring (bicyclic) bond motifs is 1. The third kappa shape index (κ3) is 5.21. The van der Waals surface area contributed by atoms with Crippen molar-refractivity contribution < 1.29 is 48.8 Å². The number of aryl methyl sites for hydroxylation is 2. The van der Waals surface area contributed by atoms with Gasteiger partial charge in [-0.3, -0.25) is 13.9 Å². The number of phenols is 2. The standard InChI is InChI=1S/C22H28N2O10P2/c1-3-24-18-12-19(26)17(11-16(18)13(2)21(24)14-6-8-15(25)9-7-14)23-20(27)5-4-10-22(28,35(29,30)31)36(32,33)34/h6-9,11-12,25-26,28H,3-5,10H2,1-2H3,(H,23,27)(H2,29,30,31)(H2,32,33,34). The minimum Gasteiger partial charge on any atom is -0.508 e. The molecule has 3 rings (SSSR count). The molecule has 14 heteroatoms. The SMILES string of the molecule is CCn1c(-c2ccc(O)cc2)c(C)c2cc(NC(=O)CCCC(O)(P(=O)(O)O)P(=O)(O)O)c(O)cc21. The molecule has 0 aliphatic rings. The number of aromatic hydroxyl groups is 2. The summed E-state index contributed by atoms with van der Waals surface area (Å²) in [6, 6.07) is 9.73. The van der Waals surface area contributed by atoms with Crippen LogP contribution in [-0.2, 0) is 20.5 Å². The maximum atomic E-state index is 12.4. The van der Waals surface area contributed by atoms with E-state index in [9.17, 15) is 48.8 Å². The molecule has 36 heavy (non-hydrogen) atoms. The normalized spacial score (nSPS) is 12.8. The van der Waals surface area contributed by atoms with Crippen molar-refractivity contribution in [2.24, 2.45) is 0 Å². The fourth-order valence-electron chi connectivity index (χ4n) is 4.13. The van der Waals surface area contributed by atoms with Crippen molar-refractivity contribution in [1.29, 1.82) is 0 Å². The average Bonchev–Trinajstić information content (AvgIpc) is 3.03. The first-order valence-electron chi connectivity index (χ1n) is 10.9. The highest BCUT2D eigenvalue weighted by molar-refractivity contribution is 7.72. The van der Waals surface area contributed by atoms with Crippen molar-refractivity contribution in [3.63, 3.8) is 0 Å². The molecule has 1 aromatic heterocycles. The number of aliphatic hydroxyl groups is 1. The van der Waals surface area contributed by atoms with Crippen molar-refractivity contribution in [1.82, 2.24) is 4.57 Å². The lowest BCUT2D eigenvalue weighted by Gasteiger charge is -2.29. The number of hydrogen-bond acceptors (Lipinski definition) is 6. The van der Waals surface area contributed by atoms with Crippen LogP contribution >= 0.6 is 15.2 Å². The van der Waals surface area contributed by atoms with E-state index in [0.717, 1.165) is 22.2 Å². The van der Waals surface area contributed by atoms with Gasteiger partial charge in [0.25, 0.3) is 5.08 Å². The summed E-state index contributed by atoms with van der Waals surface area (Å²) in [6.45, 7) is 4.39. The second-order valence-electron chi connectivity index (χ2n) is 8.42. The first-order valence-corrected chi connectivity index (χ1v) is 14.1. The highest BCUT2D eigenvalue weighted by Crippen LogP contribution is 2.69. The molecule has 0 saturated heterocycles. The Hall–Kier alpha value is -2.69. The van der Waals surface area contributed by atoms with Crippen LogP contribution in [0.3, 0.4) is 0 Å². The van der Waals surface area contributed by atoms with E-state index in [1.54, 1.807) is 30.3 Å². The minimum atomic E-state index is -5.61. The van der Waals surface area contributed by atoms with Crippen LogP contribution < -0.4 is 5.32 Å². The van der Waals surface area contributed by atoms with Crippen molar-refractivity contribution in [2.75, 3.05) is 5.32 Å². The Morgan fingerprint density at radius 3 is 2.14 bits per heavy atom. The topological polar surface area (TPSA) is 210 Å². The fraction of sp³-hybridized carbons (Fsp3) is 0.318.